The van der Waals surface area contributed by atoms with Crippen LogP contribution in [0.4, 0.5) is 0 Å². The molecule has 4 rings (SSSR count). The highest BCUT2D eigenvalue weighted by Crippen LogP contribution is 2.29. The molecule has 2 heterocycles. The van der Waals surface area contributed by atoms with Gasteiger partial charge in [0.25, 0.3) is 0 Å². The fraction of sp³-hybridized carbons (Fsp3) is 0.148. The Morgan fingerprint density at radius 2 is 1.82 bits per heavy atom. The number of rotatable bonds is 7. The summed E-state index contributed by atoms with van der Waals surface area (Å²) in [6, 6.07) is 19.0. The summed E-state index contributed by atoms with van der Waals surface area (Å²) in [6.07, 6.45) is 3.43. The lowest BCUT2D eigenvalue weighted by atomic mass is 9.92. The maximum Gasteiger partial charge on any atom is 0.351 e. The van der Waals surface area contributed by atoms with Crippen LogP contribution in [0.25, 0.3) is 11.3 Å². The summed E-state index contributed by atoms with van der Waals surface area (Å²) in [5.41, 5.74) is 1.42. The second-order valence-electron chi connectivity index (χ2n) is 7.90. The predicted octanol–water partition coefficient (Wildman–Crippen LogP) is 5.34. The van der Waals surface area contributed by atoms with Gasteiger partial charge in [0.15, 0.2) is 0 Å². The molecule has 6 nitrogen and oxygen atoms in total. The van der Waals surface area contributed by atoms with Gasteiger partial charge in [0.2, 0.25) is 5.78 Å². The molecule has 166 valence electrons. The van der Waals surface area contributed by atoms with Crippen molar-refractivity contribution in [2.45, 2.75) is 26.4 Å². The largest absolute Gasteiger partial charge is 0.507 e. The Bertz CT molecular complexity index is 1320. The maximum atomic E-state index is 13.1. The maximum absolute atomic E-state index is 13.1. The topological polar surface area (TPSA) is 89.6 Å². The summed E-state index contributed by atoms with van der Waals surface area (Å²) in [6.45, 7) is 4.29. The number of hydrogen-bond donors (Lipinski definition) is 1. The third-order valence-electron chi connectivity index (χ3n) is 5.25. The predicted molar refractivity (Wildman–Crippen MR) is 125 cm³/mol. The molecule has 2 aromatic carbocycles. The minimum Gasteiger partial charge on any atom is -0.507 e. The Morgan fingerprint density at radius 1 is 1.06 bits per heavy atom. The number of hydrogen-bond acceptors (Lipinski definition) is 6. The van der Waals surface area contributed by atoms with E-state index in [0.29, 0.717) is 23.5 Å². The average molecular weight is 441 g/mol. The Hall–Kier alpha value is -4.19. The number of nitrogens with zero attached hydrogens (tertiary/aromatic N) is 1. The van der Waals surface area contributed by atoms with Crippen molar-refractivity contribution in [2.24, 2.45) is 0 Å². The van der Waals surface area contributed by atoms with Crippen LogP contribution in [0.1, 0.15) is 46.8 Å². The Balaban J connectivity index is 1.57. The second-order valence-corrected chi connectivity index (χ2v) is 7.90. The molecule has 1 N–H and O–H groups in total. The molecule has 0 saturated carbocycles. The zero-order valence-corrected chi connectivity index (χ0v) is 18.3. The van der Waals surface area contributed by atoms with Crippen LogP contribution in [-0.4, -0.2) is 15.9 Å². The molecule has 0 amide bonds. The molecule has 0 aliphatic heterocycles. The molecule has 0 bridgehead atoms. The van der Waals surface area contributed by atoms with Gasteiger partial charge in [-0.25, -0.2) is 4.79 Å². The summed E-state index contributed by atoms with van der Waals surface area (Å²) in [5.74, 6) is -0.105. The fourth-order valence-corrected chi connectivity index (χ4v) is 3.54. The highest BCUT2D eigenvalue weighted by atomic mass is 16.5. The smallest absolute Gasteiger partial charge is 0.351 e. The number of benzene rings is 2. The molecule has 0 aliphatic carbocycles. The molecule has 0 fully saturated rings. The van der Waals surface area contributed by atoms with Crippen molar-refractivity contribution >= 4 is 5.78 Å². The number of aromatic nitrogens is 1. The van der Waals surface area contributed by atoms with Crippen molar-refractivity contribution in [1.82, 2.24) is 4.98 Å². The van der Waals surface area contributed by atoms with Crippen LogP contribution in [0.5, 0.6) is 11.5 Å². The Labute approximate surface area is 191 Å². The first-order valence-electron chi connectivity index (χ1n) is 10.6. The van der Waals surface area contributed by atoms with Crippen LogP contribution in [0.2, 0.25) is 0 Å². The van der Waals surface area contributed by atoms with Gasteiger partial charge in [-0.3, -0.25) is 9.78 Å². The van der Waals surface area contributed by atoms with Gasteiger partial charge >= 0.3 is 5.63 Å². The highest BCUT2D eigenvalue weighted by Gasteiger charge is 2.23. The van der Waals surface area contributed by atoms with Crippen molar-refractivity contribution in [1.29, 1.82) is 0 Å². The van der Waals surface area contributed by atoms with Gasteiger partial charge in [-0.05, 0) is 41.8 Å². The number of pyridine rings is 1. The van der Waals surface area contributed by atoms with Crippen LogP contribution >= 0.6 is 0 Å². The van der Waals surface area contributed by atoms with Crippen molar-refractivity contribution < 1.29 is 19.1 Å². The van der Waals surface area contributed by atoms with E-state index in [2.05, 4.69) is 4.98 Å². The first kappa shape index (κ1) is 22.0. The molecule has 0 atom stereocenters. The van der Waals surface area contributed by atoms with Crippen LogP contribution < -0.4 is 10.4 Å². The van der Waals surface area contributed by atoms with E-state index in [1.807, 2.05) is 38.1 Å². The van der Waals surface area contributed by atoms with Crippen LogP contribution in [0, 0.1) is 0 Å². The summed E-state index contributed by atoms with van der Waals surface area (Å²) < 4.78 is 11.1. The van der Waals surface area contributed by atoms with Gasteiger partial charge in [-0.2, -0.15) is 0 Å². The molecule has 0 unspecified atom stereocenters. The highest BCUT2D eigenvalue weighted by molar-refractivity contribution is 6.11. The standard InChI is InChI=1S/C27H23NO5/c1-17(2)21-7-3-4-8-22(21)26(30)25-23(29)14-24(33-27(25)31)19-9-11-20(12-10-19)32-16-18-6-5-13-28-15-18/h3-15,17,29H,16H2,1-2H3. The van der Waals surface area contributed by atoms with E-state index in [4.69, 9.17) is 9.15 Å². The summed E-state index contributed by atoms with van der Waals surface area (Å²) in [4.78, 5) is 29.8. The van der Waals surface area contributed by atoms with E-state index < -0.39 is 17.2 Å². The quantitative estimate of drug-likeness (QED) is 0.389. The zero-order chi connectivity index (χ0) is 23.4. The van der Waals surface area contributed by atoms with Crippen molar-refractivity contribution in [3.63, 3.8) is 0 Å². The monoisotopic (exact) mass is 441 g/mol. The normalized spacial score (nSPS) is 10.9. The van der Waals surface area contributed by atoms with Gasteiger partial charge in [-0.1, -0.05) is 44.2 Å². The lowest BCUT2D eigenvalue weighted by Gasteiger charge is -2.12. The van der Waals surface area contributed by atoms with Crippen molar-refractivity contribution in [3.8, 4) is 22.8 Å². The van der Waals surface area contributed by atoms with E-state index in [0.717, 1.165) is 11.1 Å². The SMILES string of the molecule is CC(C)c1ccccc1C(=O)c1c(O)cc(-c2ccc(OCc3cccnc3)cc2)oc1=O. The van der Waals surface area contributed by atoms with Gasteiger partial charge in [0.1, 0.15) is 29.4 Å². The zero-order valence-electron chi connectivity index (χ0n) is 18.3. The lowest BCUT2D eigenvalue weighted by Crippen LogP contribution is -2.17. The third kappa shape index (κ3) is 4.85. The number of ether oxygens (including phenoxy) is 1. The van der Waals surface area contributed by atoms with Crippen LogP contribution in [-0.2, 0) is 6.61 Å². The van der Waals surface area contributed by atoms with Crippen LogP contribution in [0.15, 0.2) is 88.3 Å². The molecule has 0 aliphatic rings. The molecule has 2 aromatic heterocycles. The molecule has 0 radical (unpaired) electrons. The summed E-state index contributed by atoms with van der Waals surface area (Å²) >= 11 is 0. The third-order valence-corrected chi connectivity index (χ3v) is 5.25. The summed E-state index contributed by atoms with van der Waals surface area (Å²) in [5, 5.41) is 10.5. The van der Waals surface area contributed by atoms with E-state index in [-0.39, 0.29) is 17.2 Å². The fourth-order valence-electron chi connectivity index (χ4n) is 3.54. The minimum atomic E-state index is -0.884. The van der Waals surface area contributed by atoms with Gasteiger partial charge in [0.05, 0.1) is 0 Å². The molecule has 0 saturated heterocycles. The second kappa shape index (κ2) is 9.53. The van der Waals surface area contributed by atoms with E-state index >= 15 is 0 Å². The number of aromatic hydroxyl groups is 1. The number of carbonyl (C=O) groups is 1. The first-order valence-corrected chi connectivity index (χ1v) is 10.6. The lowest BCUT2D eigenvalue weighted by molar-refractivity contribution is 0.103. The van der Waals surface area contributed by atoms with E-state index in [1.54, 1.807) is 48.8 Å². The molecule has 33 heavy (non-hydrogen) atoms. The Kier molecular flexibility index (Phi) is 6.36. The molecular formula is C27H23NO5. The van der Waals surface area contributed by atoms with Crippen LogP contribution in [0.3, 0.4) is 0 Å². The van der Waals surface area contributed by atoms with E-state index in [9.17, 15) is 14.7 Å². The molecular weight excluding hydrogens is 418 g/mol. The van der Waals surface area contributed by atoms with Gasteiger partial charge < -0.3 is 14.3 Å². The van der Waals surface area contributed by atoms with Gasteiger partial charge in [-0.15, -0.1) is 0 Å². The van der Waals surface area contributed by atoms with E-state index in [1.165, 1.54) is 6.07 Å². The molecule has 0 spiro atoms. The number of carbonyl (C=O) groups excluding carboxylic acids is 1. The molecule has 6 heteroatoms. The number of ketones is 1. The minimum absolute atomic E-state index is 0.0810. The summed E-state index contributed by atoms with van der Waals surface area (Å²) in [7, 11) is 0. The average Bonchev–Trinajstić information content (AvgIpc) is 2.83. The van der Waals surface area contributed by atoms with Crippen molar-refractivity contribution in [2.75, 3.05) is 0 Å². The Morgan fingerprint density at radius 3 is 2.48 bits per heavy atom. The molecule has 4 aromatic rings. The van der Waals surface area contributed by atoms with Crippen molar-refractivity contribution in [3.05, 3.63) is 112 Å². The van der Waals surface area contributed by atoms with Gasteiger partial charge in [0, 0.05) is 35.2 Å². The first-order chi connectivity index (χ1) is 15.9.